The Morgan fingerprint density at radius 1 is 0.684 bits per heavy atom. The molecule has 2 aliphatic rings. The lowest BCUT2D eigenvalue weighted by Gasteiger charge is -2.27. The average molecular weight is 264 g/mol. The number of carbonyl (C=O) groups is 2. The van der Waals surface area contributed by atoms with Gasteiger partial charge in [-0.25, -0.2) is 0 Å². The predicted octanol–water partition coefficient (Wildman–Crippen LogP) is 4.17. The lowest BCUT2D eigenvalue weighted by molar-refractivity contribution is -0.132. The van der Waals surface area contributed by atoms with Crippen molar-refractivity contribution in [3.63, 3.8) is 0 Å². The van der Waals surface area contributed by atoms with Crippen LogP contribution in [0.5, 0.6) is 0 Å². The molecule has 0 aromatic carbocycles. The average Bonchev–Trinajstić information content (AvgIpc) is 2.40. The molecule has 2 fully saturated rings. The van der Waals surface area contributed by atoms with Crippen LogP contribution in [0.25, 0.3) is 0 Å². The van der Waals surface area contributed by atoms with Crippen LogP contribution in [0.4, 0.5) is 0 Å². The molecule has 2 heteroatoms. The second kappa shape index (κ2) is 6.67. The third kappa shape index (κ3) is 4.15. The fourth-order valence-corrected chi connectivity index (χ4v) is 3.62. The SMILES string of the molecule is CC1CCC(C(=O)CC(=O)C2CCC(C)CC2)CC1. The molecular formula is C17H28O2. The van der Waals surface area contributed by atoms with E-state index in [9.17, 15) is 9.59 Å². The van der Waals surface area contributed by atoms with Gasteiger partial charge in [0.25, 0.3) is 0 Å². The van der Waals surface area contributed by atoms with Gasteiger partial charge in [-0.15, -0.1) is 0 Å². The van der Waals surface area contributed by atoms with Crippen LogP contribution < -0.4 is 0 Å². The molecule has 2 nitrogen and oxygen atoms in total. The van der Waals surface area contributed by atoms with Crippen molar-refractivity contribution in [2.24, 2.45) is 23.7 Å². The van der Waals surface area contributed by atoms with Crippen LogP contribution in [0.1, 0.15) is 71.6 Å². The van der Waals surface area contributed by atoms with Crippen LogP contribution in [0.3, 0.4) is 0 Å². The maximum Gasteiger partial charge on any atom is 0.143 e. The highest BCUT2D eigenvalue weighted by atomic mass is 16.1. The van der Waals surface area contributed by atoms with Crippen molar-refractivity contribution in [3.8, 4) is 0 Å². The molecule has 0 radical (unpaired) electrons. The van der Waals surface area contributed by atoms with E-state index in [1.54, 1.807) is 0 Å². The Kier molecular flexibility index (Phi) is 5.18. The summed E-state index contributed by atoms with van der Waals surface area (Å²) in [4.78, 5) is 24.4. The van der Waals surface area contributed by atoms with E-state index in [2.05, 4.69) is 13.8 Å². The Hall–Kier alpha value is -0.660. The van der Waals surface area contributed by atoms with Gasteiger partial charge in [0, 0.05) is 11.8 Å². The molecule has 0 aromatic rings. The van der Waals surface area contributed by atoms with Crippen LogP contribution in [0.2, 0.25) is 0 Å². The van der Waals surface area contributed by atoms with Gasteiger partial charge in [-0.1, -0.05) is 39.5 Å². The van der Waals surface area contributed by atoms with Gasteiger partial charge in [-0.3, -0.25) is 9.59 Å². The fraction of sp³-hybridized carbons (Fsp3) is 0.882. The summed E-state index contributed by atoms with van der Waals surface area (Å²) < 4.78 is 0. The van der Waals surface area contributed by atoms with Gasteiger partial charge in [0.1, 0.15) is 11.6 Å². The van der Waals surface area contributed by atoms with Gasteiger partial charge in [0.15, 0.2) is 0 Å². The molecule has 0 spiro atoms. The highest BCUT2D eigenvalue weighted by Crippen LogP contribution is 2.32. The lowest BCUT2D eigenvalue weighted by Crippen LogP contribution is -2.27. The highest BCUT2D eigenvalue weighted by molar-refractivity contribution is 6.01. The summed E-state index contributed by atoms with van der Waals surface area (Å²) in [6, 6.07) is 0. The normalized spacial score (nSPS) is 35.9. The summed E-state index contributed by atoms with van der Waals surface area (Å²) in [6.45, 7) is 4.52. The van der Waals surface area contributed by atoms with Crippen molar-refractivity contribution in [1.82, 2.24) is 0 Å². The molecule has 0 N–H and O–H groups in total. The number of rotatable bonds is 4. The highest BCUT2D eigenvalue weighted by Gasteiger charge is 2.29. The molecule has 2 aliphatic carbocycles. The summed E-state index contributed by atoms with van der Waals surface area (Å²) in [7, 11) is 0. The smallest absolute Gasteiger partial charge is 0.143 e. The molecule has 0 bridgehead atoms. The van der Waals surface area contributed by atoms with E-state index in [-0.39, 0.29) is 29.8 Å². The molecule has 0 heterocycles. The van der Waals surface area contributed by atoms with Crippen LogP contribution >= 0.6 is 0 Å². The summed E-state index contributed by atoms with van der Waals surface area (Å²) >= 11 is 0. The topological polar surface area (TPSA) is 34.1 Å². The summed E-state index contributed by atoms with van der Waals surface area (Å²) in [5, 5.41) is 0. The number of Topliss-reactive ketones (excluding diaryl/α,β-unsaturated/α-hetero) is 2. The third-order valence-corrected chi connectivity index (χ3v) is 5.29. The van der Waals surface area contributed by atoms with E-state index in [0.29, 0.717) is 0 Å². The largest absolute Gasteiger partial charge is 0.299 e. The maximum absolute atomic E-state index is 12.2. The Morgan fingerprint density at radius 2 is 1.00 bits per heavy atom. The van der Waals surface area contributed by atoms with Crippen molar-refractivity contribution in [1.29, 1.82) is 0 Å². The van der Waals surface area contributed by atoms with Crippen molar-refractivity contribution in [2.75, 3.05) is 0 Å². The fourth-order valence-electron chi connectivity index (χ4n) is 3.62. The van der Waals surface area contributed by atoms with Gasteiger partial charge >= 0.3 is 0 Å². The van der Waals surface area contributed by atoms with Gasteiger partial charge in [0.2, 0.25) is 0 Å². The second-order valence-corrected chi connectivity index (χ2v) is 7.02. The zero-order valence-corrected chi connectivity index (χ0v) is 12.5. The summed E-state index contributed by atoms with van der Waals surface area (Å²) in [6.07, 6.45) is 8.89. The monoisotopic (exact) mass is 264 g/mol. The minimum absolute atomic E-state index is 0.183. The molecule has 19 heavy (non-hydrogen) atoms. The van der Waals surface area contributed by atoms with E-state index in [0.717, 1.165) is 63.2 Å². The van der Waals surface area contributed by atoms with Crippen LogP contribution in [-0.4, -0.2) is 11.6 Å². The van der Waals surface area contributed by atoms with E-state index in [4.69, 9.17) is 0 Å². The van der Waals surface area contributed by atoms with Gasteiger partial charge in [-0.2, -0.15) is 0 Å². The van der Waals surface area contributed by atoms with Crippen molar-refractivity contribution < 1.29 is 9.59 Å². The maximum atomic E-state index is 12.2. The second-order valence-electron chi connectivity index (χ2n) is 7.02. The predicted molar refractivity (Wildman–Crippen MR) is 76.9 cm³/mol. The third-order valence-electron chi connectivity index (χ3n) is 5.29. The Balaban J connectivity index is 1.77. The first-order valence-electron chi connectivity index (χ1n) is 8.11. The van der Waals surface area contributed by atoms with Crippen LogP contribution in [0.15, 0.2) is 0 Å². The summed E-state index contributed by atoms with van der Waals surface area (Å²) in [5.41, 5.74) is 0. The molecule has 2 saturated carbocycles. The number of hydrogen-bond donors (Lipinski definition) is 0. The first-order valence-corrected chi connectivity index (χ1v) is 8.11. The Bertz CT molecular complexity index is 286. The quantitative estimate of drug-likeness (QED) is 0.714. The van der Waals surface area contributed by atoms with E-state index >= 15 is 0 Å². The lowest BCUT2D eigenvalue weighted by atomic mass is 9.77. The number of hydrogen-bond acceptors (Lipinski definition) is 2. The zero-order chi connectivity index (χ0) is 13.8. The van der Waals surface area contributed by atoms with Crippen molar-refractivity contribution in [2.45, 2.75) is 71.6 Å². The number of carbonyl (C=O) groups excluding carboxylic acids is 2. The van der Waals surface area contributed by atoms with Gasteiger partial charge < -0.3 is 0 Å². The van der Waals surface area contributed by atoms with E-state index in [1.165, 1.54) is 0 Å². The summed E-state index contributed by atoms with van der Waals surface area (Å²) in [5.74, 6) is 2.36. The molecule has 0 aliphatic heterocycles. The Labute approximate surface area is 117 Å². The minimum Gasteiger partial charge on any atom is -0.299 e. The van der Waals surface area contributed by atoms with Crippen molar-refractivity contribution >= 4 is 11.6 Å². The standard InChI is InChI=1S/C17H28O2/c1-12-3-7-14(8-4-12)16(18)11-17(19)15-9-5-13(2)6-10-15/h12-15H,3-11H2,1-2H3. The molecule has 2 rings (SSSR count). The molecule has 0 saturated heterocycles. The minimum atomic E-state index is 0.183. The first kappa shape index (κ1) is 14.7. The molecule has 0 amide bonds. The molecule has 0 atom stereocenters. The van der Waals surface area contributed by atoms with Crippen LogP contribution in [0, 0.1) is 23.7 Å². The molecule has 0 unspecified atom stereocenters. The number of ketones is 2. The van der Waals surface area contributed by atoms with Gasteiger partial charge in [0.05, 0.1) is 6.42 Å². The molecule has 0 aromatic heterocycles. The molecule has 108 valence electrons. The van der Waals surface area contributed by atoms with Crippen LogP contribution in [-0.2, 0) is 9.59 Å². The molecular weight excluding hydrogens is 236 g/mol. The Morgan fingerprint density at radius 3 is 1.32 bits per heavy atom. The van der Waals surface area contributed by atoms with E-state index in [1.807, 2.05) is 0 Å². The van der Waals surface area contributed by atoms with Crippen molar-refractivity contribution in [3.05, 3.63) is 0 Å². The zero-order valence-electron chi connectivity index (χ0n) is 12.5. The van der Waals surface area contributed by atoms with Gasteiger partial charge in [-0.05, 0) is 37.5 Å². The van der Waals surface area contributed by atoms with E-state index < -0.39 is 0 Å². The first-order chi connectivity index (χ1) is 9.06.